The minimum atomic E-state index is -2.80. The molecule has 6 heteroatoms. The summed E-state index contributed by atoms with van der Waals surface area (Å²) in [4.78, 5) is 0. The molecule has 0 aliphatic carbocycles. The molecule has 0 amide bonds. The highest BCUT2D eigenvalue weighted by molar-refractivity contribution is 5.27. The van der Waals surface area contributed by atoms with Crippen LogP contribution in [0.5, 0.6) is 5.75 Å². The van der Waals surface area contributed by atoms with Crippen molar-refractivity contribution in [3.8, 4) is 5.75 Å². The molecule has 0 aromatic heterocycles. The van der Waals surface area contributed by atoms with Gasteiger partial charge in [-0.25, -0.2) is 0 Å². The number of aliphatic hydroxyl groups is 1. The van der Waals surface area contributed by atoms with E-state index >= 15 is 0 Å². The summed E-state index contributed by atoms with van der Waals surface area (Å²) >= 11 is 0. The molecule has 1 aliphatic heterocycles. The van der Waals surface area contributed by atoms with Gasteiger partial charge in [-0.2, -0.15) is 8.78 Å². The fraction of sp³-hybridized carbons (Fsp3) is 0.571. The summed E-state index contributed by atoms with van der Waals surface area (Å²) in [5, 5.41) is 13.4. The van der Waals surface area contributed by atoms with Crippen molar-refractivity contribution in [2.75, 3.05) is 19.8 Å². The first-order valence-corrected chi connectivity index (χ1v) is 6.62. The van der Waals surface area contributed by atoms with E-state index in [1.807, 2.05) is 0 Å². The maximum absolute atomic E-state index is 12.0. The lowest BCUT2D eigenvalue weighted by Crippen LogP contribution is -2.44. The molecule has 20 heavy (non-hydrogen) atoms. The van der Waals surface area contributed by atoms with Gasteiger partial charge < -0.3 is 19.9 Å². The largest absolute Gasteiger partial charge is 0.435 e. The Bertz CT molecular complexity index is 405. The van der Waals surface area contributed by atoms with Gasteiger partial charge in [0.05, 0.1) is 5.60 Å². The summed E-state index contributed by atoms with van der Waals surface area (Å²) in [6.07, 6.45) is 1.25. The van der Waals surface area contributed by atoms with Crippen LogP contribution in [0.25, 0.3) is 0 Å². The molecule has 1 aromatic rings. The Labute approximate surface area is 116 Å². The fourth-order valence-corrected chi connectivity index (χ4v) is 2.16. The molecule has 0 spiro atoms. The predicted molar refractivity (Wildman–Crippen MR) is 69.8 cm³/mol. The Hall–Kier alpha value is -1.24. The third-order valence-electron chi connectivity index (χ3n) is 3.36. The van der Waals surface area contributed by atoms with E-state index in [-0.39, 0.29) is 5.75 Å². The second-order valence-corrected chi connectivity index (χ2v) is 4.96. The Morgan fingerprint density at radius 1 is 1.25 bits per heavy atom. The summed E-state index contributed by atoms with van der Waals surface area (Å²) < 4.78 is 33.5. The Kier molecular flexibility index (Phi) is 5.28. The Balaban J connectivity index is 1.76. The molecule has 0 saturated carbocycles. The first kappa shape index (κ1) is 15.2. The van der Waals surface area contributed by atoms with Crippen LogP contribution < -0.4 is 10.1 Å². The van der Waals surface area contributed by atoms with Gasteiger partial charge in [0.25, 0.3) is 0 Å². The summed E-state index contributed by atoms with van der Waals surface area (Å²) in [5.41, 5.74) is 0.235. The van der Waals surface area contributed by atoms with Crippen molar-refractivity contribution in [2.45, 2.75) is 31.6 Å². The minimum absolute atomic E-state index is 0.145. The van der Waals surface area contributed by atoms with Crippen LogP contribution in [0.4, 0.5) is 8.78 Å². The molecular formula is C14H19F2NO3. The number of ether oxygens (including phenoxy) is 2. The van der Waals surface area contributed by atoms with Crippen LogP contribution in [0.3, 0.4) is 0 Å². The second-order valence-electron chi connectivity index (χ2n) is 4.96. The Morgan fingerprint density at radius 3 is 2.50 bits per heavy atom. The molecule has 1 heterocycles. The highest BCUT2D eigenvalue weighted by Crippen LogP contribution is 2.19. The number of hydrogen-bond acceptors (Lipinski definition) is 4. The van der Waals surface area contributed by atoms with Gasteiger partial charge in [-0.15, -0.1) is 0 Å². The van der Waals surface area contributed by atoms with Crippen molar-refractivity contribution in [3.05, 3.63) is 29.8 Å². The molecule has 0 radical (unpaired) electrons. The maximum Gasteiger partial charge on any atom is 0.387 e. The lowest BCUT2D eigenvalue weighted by Gasteiger charge is -2.32. The lowest BCUT2D eigenvalue weighted by atomic mass is 9.94. The van der Waals surface area contributed by atoms with E-state index in [1.165, 1.54) is 12.1 Å². The van der Waals surface area contributed by atoms with E-state index in [0.29, 0.717) is 39.1 Å². The van der Waals surface area contributed by atoms with E-state index in [9.17, 15) is 13.9 Å². The van der Waals surface area contributed by atoms with Crippen molar-refractivity contribution in [1.82, 2.24) is 5.32 Å². The summed E-state index contributed by atoms with van der Waals surface area (Å²) in [5.74, 6) is 0.145. The molecule has 112 valence electrons. The molecule has 0 atom stereocenters. The van der Waals surface area contributed by atoms with Crippen molar-refractivity contribution in [2.24, 2.45) is 0 Å². The van der Waals surface area contributed by atoms with Gasteiger partial charge in [0.2, 0.25) is 0 Å². The van der Waals surface area contributed by atoms with Gasteiger partial charge in [0.15, 0.2) is 0 Å². The van der Waals surface area contributed by atoms with Crippen LogP contribution in [0.1, 0.15) is 18.4 Å². The molecule has 4 nitrogen and oxygen atoms in total. The number of halogens is 2. The molecule has 2 rings (SSSR count). The van der Waals surface area contributed by atoms with Crippen LogP contribution in [0.2, 0.25) is 0 Å². The monoisotopic (exact) mass is 287 g/mol. The SMILES string of the molecule is OC1(CNCc2ccc(OC(F)F)cc2)CCOCC1. The van der Waals surface area contributed by atoms with Crippen molar-refractivity contribution in [3.63, 3.8) is 0 Å². The molecule has 2 N–H and O–H groups in total. The van der Waals surface area contributed by atoms with E-state index < -0.39 is 12.2 Å². The zero-order chi connectivity index (χ0) is 14.4. The van der Waals surface area contributed by atoms with Gasteiger partial charge in [0, 0.05) is 39.1 Å². The average Bonchev–Trinajstić information content (AvgIpc) is 2.41. The summed E-state index contributed by atoms with van der Waals surface area (Å²) in [7, 11) is 0. The third kappa shape index (κ3) is 4.70. The molecule has 1 saturated heterocycles. The first-order chi connectivity index (χ1) is 9.57. The van der Waals surface area contributed by atoms with Crippen molar-refractivity contribution in [1.29, 1.82) is 0 Å². The highest BCUT2D eigenvalue weighted by Gasteiger charge is 2.28. The van der Waals surface area contributed by atoms with E-state index in [1.54, 1.807) is 12.1 Å². The smallest absolute Gasteiger partial charge is 0.387 e. The minimum Gasteiger partial charge on any atom is -0.435 e. The van der Waals surface area contributed by atoms with Crippen LogP contribution in [0, 0.1) is 0 Å². The van der Waals surface area contributed by atoms with Crippen molar-refractivity contribution < 1.29 is 23.4 Å². The van der Waals surface area contributed by atoms with Crippen LogP contribution in [-0.2, 0) is 11.3 Å². The maximum atomic E-state index is 12.0. The molecule has 1 aromatic carbocycles. The standard InChI is InChI=1S/C14H19F2NO3/c15-13(16)20-12-3-1-11(2-4-12)9-17-10-14(18)5-7-19-8-6-14/h1-4,13,17-18H,5-10H2. The number of alkyl halides is 2. The first-order valence-electron chi connectivity index (χ1n) is 6.62. The van der Waals surface area contributed by atoms with Crippen molar-refractivity contribution >= 4 is 0 Å². The van der Waals surface area contributed by atoms with Crippen LogP contribution in [0.15, 0.2) is 24.3 Å². The van der Waals surface area contributed by atoms with Gasteiger partial charge in [-0.05, 0) is 17.7 Å². The third-order valence-corrected chi connectivity index (χ3v) is 3.36. The number of rotatable bonds is 6. The number of hydrogen-bond donors (Lipinski definition) is 2. The fourth-order valence-electron chi connectivity index (χ4n) is 2.16. The Morgan fingerprint density at radius 2 is 1.90 bits per heavy atom. The molecule has 1 fully saturated rings. The number of nitrogens with one attached hydrogen (secondary N) is 1. The lowest BCUT2D eigenvalue weighted by molar-refractivity contribution is -0.0617. The highest BCUT2D eigenvalue weighted by atomic mass is 19.3. The predicted octanol–water partition coefficient (Wildman–Crippen LogP) is 1.92. The van der Waals surface area contributed by atoms with Gasteiger partial charge in [0.1, 0.15) is 5.75 Å². The second kappa shape index (κ2) is 6.97. The van der Waals surface area contributed by atoms with E-state index in [4.69, 9.17) is 4.74 Å². The van der Waals surface area contributed by atoms with Crippen LogP contribution in [-0.4, -0.2) is 37.1 Å². The van der Waals surface area contributed by atoms with E-state index in [0.717, 1.165) is 5.56 Å². The van der Waals surface area contributed by atoms with E-state index in [2.05, 4.69) is 10.1 Å². The average molecular weight is 287 g/mol. The molecular weight excluding hydrogens is 268 g/mol. The summed E-state index contributed by atoms with van der Waals surface area (Å²) in [6.45, 7) is -0.582. The molecule has 0 unspecified atom stereocenters. The zero-order valence-corrected chi connectivity index (χ0v) is 11.1. The van der Waals surface area contributed by atoms with Gasteiger partial charge in [-0.1, -0.05) is 12.1 Å². The van der Waals surface area contributed by atoms with Crippen LogP contribution >= 0.6 is 0 Å². The molecule has 1 aliphatic rings. The van der Waals surface area contributed by atoms with Gasteiger partial charge in [-0.3, -0.25) is 0 Å². The number of benzene rings is 1. The molecule has 0 bridgehead atoms. The topological polar surface area (TPSA) is 50.7 Å². The quantitative estimate of drug-likeness (QED) is 0.839. The summed E-state index contributed by atoms with van der Waals surface area (Å²) in [6, 6.07) is 6.45. The van der Waals surface area contributed by atoms with Gasteiger partial charge >= 0.3 is 6.61 Å². The zero-order valence-electron chi connectivity index (χ0n) is 11.1. The normalized spacial score (nSPS) is 18.2.